The summed E-state index contributed by atoms with van der Waals surface area (Å²) < 4.78 is 11.1. The third-order valence-electron chi connectivity index (χ3n) is 4.58. The van der Waals surface area contributed by atoms with Gasteiger partial charge in [-0.25, -0.2) is 0 Å². The van der Waals surface area contributed by atoms with Crippen molar-refractivity contribution in [2.45, 2.75) is 26.9 Å². The van der Waals surface area contributed by atoms with Gasteiger partial charge in [0.2, 0.25) is 0 Å². The fraction of sp³-hybridized carbons (Fsp3) is 0.200. The Morgan fingerprint density at radius 1 is 0.806 bits per heavy atom. The molecule has 0 saturated heterocycles. The number of nitrogens with one attached hydrogen (secondary N) is 2. The van der Waals surface area contributed by atoms with Crippen molar-refractivity contribution in [1.29, 1.82) is 0 Å². The second kappa shape index (κ2) is 9.80. The molecule has 0 unspecified atom stereocenters. The van der Waals surface area contributed by atoms with Gasteiger partial charge in [0.05, 0.1) is 18.9 Å². The van der Waals surface area contributed by atoms with Gasteiger partial charge in [0.15, 0.2) is 0 Å². The molecular weight excluding hydrogens is 392 g/mol. The Bertz CT molecular complexity index is 1080. The summed E-state index contributed by atoms with van der Waals surface area (Å²) in [6.07, 6.45) is -0.0526. The molecular formula is C25H26N2O4. The lowest BCUT2D eigenvalue weighted by Crippen LogP contribution is -2.16. The normalized spacial score (nSPS) is 10.5. The number of anilines is 2. The van der Waals surface area contributed by atoms with E-state index in [0.717, 1.165) is 5.56 Å². The highest BCUT2D eigenvalue weighted by Crippen LogP contribution is 2.31. The molecule has 31 heavy (non-hydrogen) atoms. The van der Waals surface area contributed by atoms with Crippen molar-refractivity contribution in [2.24, 2.45) is 0 Å². The minimum absolute atomic E-state index is 0.0526. The molecule has 6 heteroatoms. The van der Waals surface area contributed by atoms with Crippen LogP contribution in [0.4, 0.5) is 11.4 Å². The minimum atomic E-state index is -0.322. The van der Waals surface area contributed by atoms with Crippen LogP contribution in [-0.2, 0) is 0 Å². The average Bonchev–Trinajstić information content (AvgIpc) is 2.76. The maximum atomic E-state index is 13.0. The lowest BCUT2D eigenvalue weighted by Gasteiger charge is -2.16. The van der Waals surface area contributed by atoms with Gasteiger partial charge in [-0.2, -0.15) is 0 Å². The molecule has 3 aromatic rings. The Morgan fingerprint density at radius 3 is 2.16 bits per heavy atom. The molecule has 2 amide bonds. The third-order valence-corrected chi connectivity index (χ3v) is 4.58. The molecule has 0 spiro atoms. The van der Waals surface area contributed by atoms with E-state index in [0.29, 0.717) is 34.0 Å². The standard InChI is InChI=1S/C25H26N2O4/c1-16(2)31-23-13-12-20(30-4)15-22(23)27-25(29)19-11-10-17(3)21(14-19)26-24(28)18-8-6-5-7-9-18/h5-16H,1-4H3,(H,26,28)(H,27,29). The number of methoxy groups -OCH3 is 1. The Morgan fingerprint density at radius 2 is 1.48 bits per heavy atom. The van der Waals surface area contributed by atoms with Gasteiger partial charge in [0.25, 0.3) is 11.8 Å². The molecule has 6 nitrogen and oxygen atoms in total. The van der Waals surface area contributed by atoms with E-state index in [1.165, 1.54) is 0 Å². The number of hydrogen-bond donors (Lipinski definition) is 2. The number of aryl methyl sites for hydroxylation is 1. The number of hydrogen-bond acceptors (Lipinski definition) is 4. The summed E-state index contributed by atoms with van der Waals surface area (Å²) in [5.41, 5.74) is 2.89. The first-order valence-corrected chi connectivity index (χ1v) is 10.0. The number of carbonyl (C=O) groups excluding carboxylic acids is 2. The monoisotopic (exact) mass is 418 g/mol. The molecule has 3 aromatic carbocycles. The number of amides is 2. The van der Waals surface area contributed by atoms with Crippen LogP contribution < -0.4 is 20.1 Å². The molecule has 0 heterocycles. The molecule has 0 fully saturated rings. The van der Waals surface area contributed by atoms with E-state index in [2.05, 4.69) is 10.6 Å². The Kier molecular flexibility index (Phi) is 6.92. The molecule has 160 valence electrons. The highest BCUT2D eigenvalue weighted by atomic mass is 16.5. The number of rotatable bonds is 7. The zero-order valence-corrected chi connectivity index (χ0v) is 18.1. The number of ether oxygens (including phenoxy) is 2. The van der Waals surface area contributed by atoms with E-state index >= 15 is 0 Å². The first-order valence-electron chi connectivity index (χ1n) is 10.0. The van der Waals surface area contributed by atoms with Gasteiger partial charge in [-0.05, 0) is 62.7 Å². The third kappa shape index (κ3) is 5.63. The first-order chi connectivity index (χ1) is 14.9. The number of benzene rings is 3. The van der Waals surface area contributed by atoms with Crippen LogP contribution in [0.15, 0.2) is 66.7 Å². The van der Waals surface area contributed by atoms with Gasteiger partial charge in [-0.15, -0.1) is 0 Å². The van der Waals surface area contributed by atoms with Gasteiger partial charge in [0.1, 0.15) is 11.5 Å². The van der Waals surface area contributed by atoms with Gasteiger partial charge >= 0.3 is 0 Å². The van der Waals surface area contributed by atoms with E-state index in [9.17, 15) is 9.59 Å². The zero-order valence-electron chi connectivity index (χ0n) is 18.1. The van der Waals surface area contributed by atoms with E-state index in [-0.39, 0.29) is 17.9 Å². The topological polar surface area (TPSA) is 76.7 Å². The average molecular weight is 418 g/mol. The molecule has 0 aliphatic rings. The predicted octanol–water partition coefficient (Wildman–Crippen LogP) is 5.30. The van der Waals surface area contributed by atoms with Crippen molar-refractivity contribution in [3.05, 3.63) is 83.4 Å². The molecule has 0 saturated carbocycles. The van der Waals surface area contributed by atoms with Crippen molar-refractivity contribution in [3.8, 4) is 11.5 Å². The van der Waals surface area contributed by atoms with Gasteiger partial charge < -0.3 is 20.1 Å². The van der Waals surface area contributed by atoms with E-state index in [1.54, 1.807) is 67.8 Å². The number of carbonyl (C=O) groups is 2. The Hall–Kier alpha value is -3.80. The van der Waals surface area contributed by atoms with Gasteiger partial charge in [-0.1, -0.05) is 24.3 Å². The summed E-state index contributed by atoms with van der Waals surface area (Å²) in [5, 5.41) is 5.76. The second-order valence-electron chi connectivity index (χ2n) is 7.33. The zero-order chi connectivity index (χ0) is 22.4. The lowest BCUT2D eigenvalue weighted by atomic mass is 10.1. The highest BCUT2D eigenvalue weighted by Gasteiger charge is 2.15. The van der Waals surface area contributed by atoms with Crippen LogP contribution in [-0.4, -0.2) is 25.0 Å². The van der Waals surface area contributed by atoms with Crippen molar-refractivity contribution >= 4 is 23.2 Å². The molecule has 0 bridgehead atoms. The van der Waals surface area contributed by atoms with Crippen LogP contribution in [0.25, 0.3) is 0 Å². The minimum Gasteiger partial charge on any atom is -0.497 e. The molecule has 0 aliphatic carbocycles. The fourth-order valence-electron chi connectivity index (χ4n) is 2.97. The van der Waals surface area contributed by atoms with Crippen molar-refractivity contribution in [2.75, 3.05) is 17.7 Å². The molecule has 0 radical (unpaired) electrons. The highest BCUT2D eigenvalue weighted by molar-refractivity contribution is 6.08. The molecule has 2 N–H and O–H groups in total. The fourth-order valence-corrected chi connectivity index (χ4v) is 2.97. The maximum absolute atomic E-state index is 13.0. The predicted molar refractivity (Wildman–Crippen MR) is 122 cm³/mol. The van der Waals surface area contributed by atoms with Crippen molar-refractivity contribution < 1.29 is 19.1 Å². The molecule has 0 atom stereocenters. The van der Waals surface area contributed by atoms with Gasteiger partial charge in [0, 0.05) is 22.9 Å². The second-order valence-corrected chi connectivity index (χ2v) is 7.33. The van der Waals surface area contributed by atoms with Crippen LogP contribution in [0, 0.1) is 6.92 Å². The lowest BCUT2D eigenvalue weighted by molar-refractivity contribution is 0.101. The van der Waals surface area contributed by atoms with E-state index in [1.807, 2.05) is 26.8 Å². The van der Waals surface area contributed by atoms with Crippen LogP contribution in [0.5, 0.6) is 11.5 Å². The smallest absolute Gasteiger partial charge is 0.255 e. The Balaban J connectivity index is 1.83. The summed E-state index contributed by atoms with van der Waals surface area (Å²) in [5.74, 6) is 0.596. The van der Waals surface area contributed by atoms with Crippen molar-refractivity contribution in [1.82, 2.24) is 0 Å². The SMILES string of the molecule is COc1ccc(OC(C)C)c(NC(=O)c2ccc(C)c(NC(=O)c3ccccc3)c2)c1. The molecule has 0 aromatic heterocycles. The van der Waals surface area contributed by atoms with Crippen LogP contribution >= 0.6 is 0 Å². The van der Waals surface area contributed by atoms with E-state index < -0.39 is 0 Å². The molecule has 3 rings (SSSR count). The molecule has 0 aliphatic heterocycles. The van der Waals surface area contributed by atoms with Gasteiger partial charge in [-0.3, -0.25) is 9.59 Å². The van der Waals surface area contributed by atoms with Crippen molar-refractivity contribution in [3.63, 3.8) is 0 Å². The summed E-state index contributed by atoms with van der Waals surface area (Å²) in [6, 6.07) is 19.3. The van der Waals surface area contributed by atoms with Crippen LogP contribution in [0.1, 0.15) is 40.1 Å². The quantitative estimate of drug-likeness (QED) is 0.546. The van der Waals surface area contributed by atoms with Crippen LogP contribution in [0.2, 0.25) is 0 Å². The summed E-state index contributed by atoms with van der Waals surface area (Å²) in [6.45, 7) is 5.70. The summed E-state index contributed by atoms with van der Waals surface area (Å²) >= 11 is 0. The summed E-state index contributed by atoms with van der Waals surface area (Å²) in [7, 11) is 1.56. The maximum Gasteiger partial charge on any atom is 0.255 e. The van der Waals surface area contributed by atoms with Crippen LogP contribution in [0.3, 0.4) is 0 Å². The summed E-state index contributed by atoms with van der Waals surface area (Å²) in [4.78, 5) is 25.5. The largest absolute Gasteiger partial charge is 0.497 e. The first kappa shape index (κ1) is 21.9. The van der Waals surface area contributed by atoms with E-state index in [4.69, 9.17) is 9.47 Å². The Labute approximate surface area is 182 Å².